The molecule has 0 heterocycles. The normalized spacial score (nSPS) is 12.4. The molecule has 1 unspecified atom stereocenters. The Bertz CT molecular complexity index is 201. The summed E-state index contributed by atoms with van der Waals surface area (Å²) in [5.41, 5.74) is 0. The smallest absolute Gasteiger partial charge is 0.309 e. The zero-order chi connectivity index (χ0) is 13.6. The predicted octanol–water partition coefficient (Wildman–Crippen LogP) is 1.21. The maximum atomic E-state index is 11.1. The third-order valence-corrected chi connectivity index (χ3v) is 3.34. The first-order valence-corrected chi connectivity index (χ1v) is 7.17. The van der Waals surface area contributed by atoms with Crippen molar-refractivity contribution in [2.45, 2.75) is 6.92 Å². The average Bonchev–Trinajstić information content (AvgIpc) is 2.39. The average molecular weight is 280 g/mol. The van der Waals surface area contributed by atoms with Crippen molar-refractivity contribution < 1.29 is 23.7 Å². The van der Waals surface area contributed by atoms with Crippen molar-refractivity contribution in [3.63, 3.8) is 0 Å². The number of thioether (sulfide) groups is 1. The van der Waals surface area contributed by atoms with Gasteiger partial charge in [0.05, 0.1) is 46.1 Å². The fraction of sp³-hybridized carbons (Fsp3) is 0.917. The molecule has 5 nitrogen and oxygen atoms in total. The molecule has 18 heavy (non-hydrogen) atoms. The van der Waals surface area contributed by atoms with Crippen LogP contribution in [0.5, 0.6) is 0 Å². The molecule has 0 aliphatic rings. The Morgan fingerprint density at radius 2 is 1.67 bits per heavy atom. The summed E-state index contributed by atoms with van der Waals surface area (Å²) < 4.78 is 20.1. The molecule has 0 aliphatic heterocycles. The maximum Gasteiger partial charge on any atom is 0.309 e. The molecule has 0 bridgehead atoms. The Labute approximate surface area is 113 Å². The van der Waals surface area contributed by atoms with Gasteiger partial charge in [0.15, 0.2) is 0 Å². The molecule has 0 spiro atoms. The van der Waals surface area contributed by atoms with E-state index >= 15 is 0 Å². The number of hydrogen-bond acceptors (Lipinski definition) is 6. The van der Waals surface area contributed by atoms with E-state index in [9.17, 15) is 4.79 Å². The van der Waals surface area contributed by atoms with Gasteiger partial charge in [-0.3, -0.25) is 4.79 Å². The molecule has 0 aromatic rings. The van der Waals surface area contributed by atoms with Crippen molar-refractivity contribution in [2.24, 2.45) is 5.92 Å². The van der Waals surface area contributed by atoms with E-state index in [1.807, 2.05) is 6.92 Å². The Morgan fingerprint density at radius 3 is 2.28 bits per heavy atom. The maximum absolute atomic E-state index is 11.1. The van der Waals surface area contributed by atoms with Crippen molar-refractivity contribution in [1.29, 1.82) is 0 Å². The third-order valence-electron chi connectivity index (χ3n) is 2.15. The number of ether oxygens (including phenoxy) is 4. The molecule has 0 rings (SSSR count). The number of carbonyl (C=O) groups excluding carboxylic acids is 1. The summed E-state index contributed by atoms with van der Waals surface area (Å²) in [7, 11) is 3.06. The predicted molar refractivity (Wildman–Crippen MR) is 72.0 cm³/mol. The fourth-order valence-corrected chi connectivity index (χ4v) is 2.00. The van der Waals surface area contributed by atoms with E-state index in [-0.39, 0.29) is 11.9 Å². The van der Waals surface area contributed by atoms with E-state index in [4.69, 9.17) is 14.2 Å². The van der Waals surface area contributed by atoms with Gasteiger partial charge in [0.25, 0.3) is 0 Å². The summed E-state index contributed by atoms with van der Waals surface area (Å²) >= 11 is 1.69. The number of hydrogen-bond donors (Lipinski definition) is 0. The first-order valence-electron chi connectivity index (χ1n) is 6.02. The molecule has 108 valence electrons. The molecule has 0 aliphatic carbocycles. The lowest BCUT2D eigenvalue weighted by Crippen LogP contribution is -2.15. The molecule has 0 saturated carbocycles. The Hall–Kier alpha value is -0.300. The monoisotopic (exact) mass is 280 g/mol. The van der Waals surface area contributed by atoms with Gasteiger partial charge in [-0.15, -0.1) is 0 Å². The van der Waals surface area contributed by atoms with Gasteiger partial charge >= 0.3 is 5.97 Å². The molecule has 0 aromatic carbocycles. The third kappa shape index (κ3) is 10.8. The lowest BCUT2D eigenvalue weighted by molar-refractivity contribution is -0.143. The minimum Gasteiger partial charge on any atom is -0.469 e. The van der Waals surface area contributed by atoms with Crippen LogP contribution in [-0.4, -0.2) is 64.7 Å². The molecule has 0 amide bonds. The van der Waals surface area contributed by atoms with Gasteiger partial charge in [0, 0.05) is 18.6 Å². The summed E-state index contributed by atoms with van der Waals surface area (Å²) in [5, 5.41) is 0. The highest BCUT2D eigenvalue weighted by atomic mass is 32.2. The van der Waals surface area contributed by atoms with Gasteiger partial charge in [-0.1, -0.05) is 6.92 Å². The number of methoxy groups -OCH3 is 2. The van der Waals surface area contributed by atoms with Crippen molar-refractivity contribution in [1.82, 2.24) is 0 Å². The van der Waals surface area contributed by atoms with Crippen LogP contribution in [0.15, 0.2) is 0 Å². The van der Waals surface area contributed by atoms with Gasteiger partial charge in [-0.2, -0.15) is 11.8 Å². The lowest BCUT2D eigenvalue weighted by atomic mass is 10.2. The Balaban J connectivity index is 3.14. The second-order valence-corrected chi connectivity index (χ2v) is 4.87. The van der Waals surface area contributed by atoms with Gasteiger partial charge in [-0.05, 0) is 0 Å². The van der Waals surface area contributed by atoms with Crippen molar-refractivity contribution in [3.05, 3.63) is 0 Å². The standard InChI is InChI=1S/C12H24O5S/c1-11(12(13)15-3)10-18-9-8-17-7-6-16-5-4-14-2/h11H,4-10H2,1-3H3. The van der Waals surface area contributed by atoms with Crippen molar-refractivity contribution in [3.8, 4) is 0 Å². The zero-order valence-corrected chi connectivity index (χ0v) is 12.3. The molecule has 0 N–H and O–H groups in total. The summed E-state index contributed by atoms with van der Waals surface area (Å²) in [6.45, 7) is 4.94. The second kappa shape index (κ2) is 13.1. The highest BCUT2D eigenvalue weighted by Gasteiger charge is 2.12. The van der Waals surface area contributed by atoms with E-state index in [1.165, 1.54) is 7.11 Å². The van der Waals surface area contributed by atoms with E-state index in [0.717, 1.165) is 11.5 Å². The van der Waals surface area contributed by atoms with Gasteiger partial charge in [0.1, 0.15) is 0 Å². The largest absolute Gasteiger partial charge is 0.469 e. The van der Waals surface area contributed by atoms with Crippen LogP contribution in [0.1, 0.15) is 6.92 Å². The van der Waals surface area contributed by atoms with Crippen molar-refractivity contribution >= 4 is 17.7 Å². The minimum absolute atomic E-state index is 0.0580. The van der Waals surface area contributed by atoms with Gasteiger partial charge in [-0.25, -0.2) is 0 Å². The van der Waals surface area contributed by atoms with Crippen LogP contribution < -0.4 is 0 Å². The summed E-state index contributed by atoms with van der Waals surface area (Å²) in [4.78, 5) is 11.1. The zero-order valence-electron chi connectivity index (χ0n) is 11.5. The minimum atomic E-state index is -0.157. The van der Waals surface area contributed by atoms with E-state index in [2.05, 4.69) is 4.74 Å². The summed E-state index contributed by atoms with van der Waals surface area (Å²) in [6, 6.07) is 0. The molecular formula is C12H24O5S. The highest BCUT2D eigenvalue weighted by molar-refractivity contribution is 7.99. The van der Waals surface area contributed by atoms with Crippen LogP contribution in [-0.2, 0) is 23.7 Å². The molecule has 0 radical (unpaired) electrons. The van der Waals surface area contributed by atoms with E-state index in [0.29, 0.717) is 33.0 Å². The number of rotatable bonds is 12. The van der Waals surface area contributed by atoms with E-state index in [1.54, 1.807) is 18.9 Å². The highest BCUT2D eigenvalue weighted by Crippen LogP contribution is 2.09. The first-order chi connectivity index (χ1) is 8.72. The lowest BCUT2D eigenvalue weighted by Gasteiger charge is -2.09. The molecular weight excluding hydrogens is 256 g/mol. The molecule has 0 saturated heterocycles. The van der Waals surface area contributed by atoms with Crippen molar-refractivity contribution in [2.75, 3.05) is 58.8 Å². The van der Waals surface area contributed by atoms with Gasteiger partial charge in [0.2, 0.25) is 0 Å². The van der Waals surface area contributed by atoms with E-state index < -0.39 is 0 Å². The van der Waals surface area contributed by atoms with Gasteiger partial charge < -0.3 is 18.9 Å². The second-order valence-electron chi connectivity index (χ2n) is 3.72. The molecule has 6 heteroatoms. The van der Waals surface area contributed by atoms with Crippen LogP contribution in [0.3, 0.4) is 0 Å². The SMILES string of the molecule is COCCOCCOCCSCC(C)C(=O)OC. The Morgan fingerprint density at radius 1 is 1.06 bits per heavy atom. The molecule has 0 fully saturated rings. The molecule has 0 aromatic heterocycles. The first kappa shape index (κ1) is 17.7. The topological polar surface area (TPSA) is 54.0 Å². The quantitative estimate of drug-likeness (QED) is 0.396. The van der Waals surface area contributed by atoms with Crippen LogP contribution in [0.2, 0.25) is 0 Å². The summed E-state index contributed by atoms with van der Waals surface area (Å²) in [5.74, 6) is 1.42. The Kier molecular flexibility index (Phi) is 12.9. The summed E-state index contributed by atoms with van der Waals surface area (Å²) in [6.07, 6.45) is 0. The van der Waals surface area contributed by atoms with Crippen LogP contribution in [0, 0.1) is 5.92 Å². The van der Waals surface area contributed by atoms with Crippen LogP contribution >= 0.6 is 11.8 Å². The number of esters is 1. The molecule has 1 atom stereocenters. The van der Waals surface area contributed by atoms with Crippen LogP contribution in [0.25, 0.3) is 0 Å². The van der Waals surface area contributed by atoms with Crippen LogP contribution in [0.4, 0.5) is 0 Å². The fourth-order valence-electron chi connectivity index (χ4n) is 1.11. The number of carbonyl (C=O) groups is 1.